The van der Waals surface area contributed by atoms with Gasteiger partial charge in [-0.25, -0.2) is 18.0 Å². The van der Waals surface area contributed by atoms with E-state index in [2.05, 4.69) is 5.32 Å². The van der Waals surface area contributed by atoms with Crippen molar-refractivity contribution in [2.45, 2.75) is 13.0 Å². The normalized spacial score (nSPS) is 11.9. The second-order valence-electron chi connectivity index (χ2n) is 5.42. The van der Waals surface area contributed by atoms with Crippen molar-refractivity contribution in [1.29, 1.82) is 0 Å². The highest BCUT2D eigenvalue weighted by atomic mass is 19.1. The fourth-order valence-electron chi connectivity index (χ4n) is 2.04. The SMILES string of the molecule is COc1ccc(/C=C/C(=O)O[C@@H](C)C(=O)Nc2ccc(F)cc2F)cc1F. The maximum atomic E-state index is 13.6. The van der Waals surface area contributed by atoms with E-state index < -0.39 is 35.4 Å². The molecule has 0 bridgehead atoms. The summed E-state index contributed by atoms with van der Waals surface area (Å²) in [5.41, 5.74) is 0.143. The topological polar surface area (TPSA) is 64.6 Å². The average Bonchev–Trinajstić information content (AvgIpc) is 2.62. The Balaban J connectivity index is 1.94. The van der Waals surface area contributed by atoms with Crippen LogP contribution >= 0.6 is 0 Å². The van der Waals surface area contributed by atoms with Crippen molar-refractivity contribution >= 4 is 23.6 Å². The van der Waals surface area contributed by atoms with E-state index in [9.17, 15) is 22.8 Å². The van der Waals surface area contributed by atoms with Gasteiger partial charge in [-0.05, 0) is 42.8 Å². The van der Waals surface area contributed by atoms with Crippen LogP contribution in [0.25, 0.3) is 6.08 Å². The lowest BCUT2D eigenvalue weighted by atomic mass is 10.2. The molecule has 142 valence electrons. The summed E-state index contributed by atoms with van der Waals surface area (Å²) in [6, 6.07) is 6.73. The number of benzene rings is 2. The van der Waals surface area contributed by atoms with Gasteiger partial charge < -0.3 is 14.8 Å². The predicted molar refractivity (Wildman–Crippen MR) is 92.5 cm³/mol. The number of hydrogen-bond acceptors (Lipinski definition) is 4. The zero-order valence-electron chi connectivity index (χ0n) is 14.5. The van der Waals surface area contributed by atoms with E-state index >= 15 is 0 Å². The van der Waals surface area contributed by atoms with Gasteiger partial charge in [-0.3, -0.25) is 4.79 Å². The summed E-state index contributed by atoms with van der Waals surface area (Å²) in [6.07, 6.45) is 1.08. The predicted octanol–water partition coefficient (Wildman–Crippen LogP) is 3.70. The van der Waals surface area contributed by atoms with Gasteiger partial charge in [-0.15, -0.1) is 0 Å². The van der Waals surface area contributed by atoms with Crippen LogP contribution in [0.15, 0.2) is 42.5 Å². The summed E-state index contributed by atoms with van der Waals surface area (Å²) in [5.74, 6) is -3.92. The van der Waals surface area contributed by atoms with E-state index in [1.54, 1.807) is 0 Å². The first-order valence-electron chi connectivity index (χ1n) is 7.78. The first-order chi connectivity index (χ1) is 12.8. The van der Waals surface area contributed by atoms with Crippen molar-refractivity contribution in [3.05, 3.63) is 65.5 Å². The lowest BCUT2D eigenvalue weighted by Crippen LogP contribution is -2.29. The van der Waals surface area contributed by atoms with Gasteiger partial charge in [0.25, 0.3) is 5.91 Å². The number of ether oxygens (including phenoxy) is 2. The Bertz CT molecular complexity index is 883. The molecule has 8 heteroatoms. The van der Waals surface area contributed by atoms with Gasteiger partial charge in [-0.1, -0.05) is 6.07 Å². The Morgan fingerprint density at radius 1 is 1.07 bits per heavy atom. The number of amides is 1. The van der Waals surface area contributed by atoms with Crippen LogP contribution in [0.3, 0.4) is 0 Å². The summed E-state index contributed by atoms with van der Waals surface area (Å²) in [4.78, 5) is 23.7. The fraction of sp³-hybridized carbons (Fsp3) is 0.158. The van der Waals surface area contributed by atoms with E-state index in [1.165, 1.54) is 32.2 Å². The average molecular weight is 379 g/mol. The number of methoxy groups -OCH3 is 1. The number of carbonyl (C=O) groups is 2. The lowest BCUT2D eigenvalue weighted by molar-refractivity contribution is -0.148. The molecule has 0 saturated heterocycles. The Hall–Kier alpha value is -3.29. The summed E-state index contributed by atoms with van der Waals surface area (Å²) < 4.78 is 49.6. The molecule has 0 aliphatic heterocycles. The van der Waals surface area contributed by atoms with Gasteiger partial charge >= 0.3 is 5.97 Å². The van der Waals surface area contributed by atoms with Crippen LogP contribution in [0.2, 0.25) is 0 Å². The van der Waals surface area contributed by atoms with Crippen molar-refractivity contribution in [1.82, 2.24) is 0 Å². The zero-order chi connectivity index (χ0) is 20.0. The number of hydrogen-bond donors (Lipinski definition) is 1. The minimum Gasteiger partial charge on any atom is -0.494 e. The molecule has 0 unspecified atom stereocenters. The Kier molecular flexibility index (Phi) is 6.59. The monoisotopic (exact) mass is 379 g/mol. The van der Waals surface area contributed by atoms with Crippen molar-refractivity contribution in [3.8, 4) is 5.75 Å². The van der Waals surface area contributed by atoms with Gasteiger partial charge in [0.05, 0.1) is 12.8 Å². The molecule has 0 aliphatic carbocycles. The van der Waals surface area contributed by atoms with Gasteiger partial charge in [-0.2, -0.15) is 0 Å². The first kappa shape index (κ1) is 20.0. The van der Waals surface area contributed by atoms with Crippen LogP contribution in [0.4, 0.5) is 18.9 Å². The minimum atomic E-state index is -1.24. The Labute approximate surface area is 153 Å². The van der Waals surface area contributed by atoms with Crippen LogP contribution in [0.5, 0.6) is 5.75 Å². The van der Waals surface area contributed by atoms with Crippen molar-refractivity contribution in [2.24, 2.45) is 0 Å². The molecule has 0 spiro atoms. The maximum absolute atomic E-state index is 13.6. The summed E-state index contributed by atoms with van der Waals surface area (Å²) in [5, 5.41) is 2.19. The molecule has 5 nitrogen and oxygen atoms in total. The molecular formula is C19H16F3NO4. The van der Waals surface area contributed by atoms with E-state index in [0.29, 0.717) is 11.6 Å². The molecule has 0 radical (unpaired) electrons. The molecule has 0 heterocycles. The van der Waals surface area contributed by atoms with Crippen molar-refractivity contribution < 1.29 is 32.2 Å². The van der Waals surface area contributed by atoms with Gasteiger partial charge in [0.2, 0.25) is 0 Å². The minimum absolute atomic E-state index is 0.0630. The highest BCUT2D eigenvalue weighted by molar-refractivity contribution is 5.96. The number of nitrogens with one attached hydrogen (secondary N) is 1. The third-order valence-corrected chi connectivity index (χ3v) is 3.44. The smallest absolute Gasteiger partial charge is 0.331 e. The Morgan fingerprint density at radius 2 is 1.81 bits per heavy atom. The van der Waals surface area contributed by atoms with Crippen LogP contribution in [-0.4, -0.2) is 25.1 Å². The molecule has 27 heavy (non-hydrogen) atoms. The number of carbonyl (C=O) groups excluding carboxylic acids is 2. The van der Waals surface area contributed by atoms with Crippen LogP contribution < -0.4 is 10.1 Å². The van der Waals surface area contributed by atoms with Crippen LogP contribution in [-0.2, 0) is 14.3 Å². The van der Waals surface area contributed by atoms with E-state index in [4.69, 9.17) is 9.47 Å². The number of halogens is 3. The quantitative estimate of drug-likeness (QED) is 0.614. The number of rotatable bonds is 6. The largest absolute Gasteiger partial charge is 0.494 e. The van der Waals surface area contributed by atoms with Gasteiger partial charge in [0, 0.05) is 12.1 Å². The summed E-state index contributed by atoms with van der Waals surface area (Å²) in [6.45, 7) is 1.29. The second-order valence-corrected chi connectivity index (χ2v) is 5.42. The maximum Gasteiger partial charge on any atom is 0.331 e. The molecule has 0 fully saturated rings. The molecule has 0 aromatic heterocycles. The van der Waals surface area contributed by atoms with E-state index in [1.807, 2.05) is 0 Å². The van der Waals surface area contributed by atoms with Crippen molar-refractivity contribution in [3.63, 3.8) is 0 Å². The second kappa shape index (κ2) is 8.88. The molecule has 2 rings (SSSR count). The highest BCUT2D eigenvalue weighted by Crippen LogP contribution is 2.18. The molecular weight excluding hydrogens is 363 g/mol. The van der Waals surface area contributed by atoms with Gasteiger partial charge in [0.1, 0.15) is 11.6 Å². The molecule has 2 aromatic carbocycles. The highest BCUT2D eigenvalue weighted by Gasteiger charge is 2.18. The molecule has 1 amide bonds. The molecule has 0 aliphatic rings. The Morgan fingerprint density at radius 3 is 2.44 bits per heavy atom. The zero-order valence-corrected chi connectivity index (χ0v) is 14.5. The third kappa shape index (κ3) is 5.60. The lowest BCUT2D eigenvalue weighted by Gasteiger charge is -2.12. The van der Waals surface area contributed by atoms with E-state index in [0.717, 1.165) is 24.3 Å². The third-order valence-electron chi connectivity index (χ3n) is 3.44. The van der Waals surface area contributed by atoms with Crippen LogP contribution in [0, 0.1) is 17.5 Å². The first-order valence-corrected chi connectivity index (χ1v) is 7.78. The fourth-order valence-corrected chi connectivity index (χ4v) is 2.04. The molecule has 1 N–H and O–H groups in total. The molecule has 0 saturated carbocycles. The summed E-state index contributed by atoms with van der Waals surface area (Å²) in [7, 11) is 1.33. The number of esters is 1. The molecule has 2 aromatic rings. The van der Waals surface area contributed by atoms with E-state index in [-0.39, 0.29) is 11.4 Å². The van der Waals surface area contributed by atoms with Gasteiger partial charge in [0.15, 0.2) is 17.7 Å². The number of anilines is 1. The standard InChI is InChI=1S/C19H16F3NO4/c1-11(19(25)23-16-6-5-13(20)10-14(16)21)27-18(24)8-4-12-3-7-17(26-2)15(22)9-12/h3-11H,1-2H3,(H,23,25)/b8-4+/t11-/m0/s1. The summed E-state index contributed by atoms with van der Waals surface area (Å²) >= 11 is 0. The van der Waals surface area contributed by atoms with Crippen molar-refractivity contribution in [2.75, 3.05) is 12.4 Å². The molecule has 1 atom stereocenters. The van der Waals surface area contributed by atoms with Crippen LogP contribution in [0.1, 0.15) is 12.5 Å².